The van der Waals surface area contributed by atoms with E-state index in [0.717, 1.165) is 33.6 Å². The van der Waals surface area contributed by atoms with Crippen molar-refractivity contribution in [3.63, 3.8) is 0 Å². The lowest BCUT2D eigenvalue weighted by Crippen LogP contribution is -1.97. The molecular formula is C38H42BrNO2. The number of alkyl halides is 1. The van der Waals surface area contributed by atoms with E-state index in [1.807, 2.05) is 79.7 Å². The molecular weight excluding hydrogens is 582 g/mol. The molecule has 0 unspecified atom stereocenters. The maximum atomic E-state index is 5.77. The molecule has 0 heterocycles. The predicted molar refractivity (Wildman–Crippen MR) is 182 cm³/mol. The van der Waals surface area contributed by atoms with Crippen molar-refractivity contribution in [3.8, 4) is 11.5 Å². The fraction of sp³-hybridized carbons (Fsp3) is 0.211. The molecule has 3 nitrogen and oxygen atoms in total. The number of para-hydroxylation sites is 2. The number of hydrogen-bond donors (Lipinski definition) is 1. The van der Waals surface area contributed by atoms with Gasteiger partial charge in [-0.25, -0.2) is 0 Å². The minimum atomic E-state index is 0.551. The molecule has 42 heavy (non-hydrogen) atoms. The van der Waals surface area contributed by atoms with Crippen LogP contribution in [-0.2, 0) is 18.5 Å². The summed E-state index contributed by atoms with van der Waals surface area (Å²) in [5, 5.41) is 0.954. The number of nitrogens with two attached hydrogens (primary N) is 1. The molecule has 5 aromatic carbocycles. The second-order valence-electron chi connectivity index (χ2n) is 10.6. The van der Waals surface area contributed by atoms with Gasteiger partial charge in [-0.1, -0.05) is 117 Å². The van der Waals surface area contributed by atoms with Gasteiger partial charge in [0.15, 0.2) is 0 Å². The quantitative estimate of drug-likeness (QED) is 0.145. The van der Waals surface area contributed by atoms with Crippen LogP contribution in [0.2, 0.25) is 0 Å². The van der Waals surface area contributed by atoms with Crippen molar-refractivity contribution >= 4 is 21.6 Å². The van der Waals surface area contributed by atoms with Gasteiger partial charge in [-0.05, 0) is 93.3 Å². The summed E-state index contributed by atoms with van der Waals surface area (Å²) in [7, 11) is 0. The normalized spacial score (nSPS) is 10.0. The van der Waals surface area contributed by atoms with Gasteiger partial charge < -0.3 is 15.2 Å². The molecule has 0 aliphatic carbocycles. The number of hydrogen-bond acceptors (Lipinski definition) is 3. The van der Waals surface area contributed by atoms with E-state index in [2.05, 4.69) is 86.1 Å². The summed E-state index contributed by atoms with van der Waals surface area (Å²) in [4.78, 5) is 0. The lowest BCUT2D eigenvalue weighted by atomic mass is 10.1. The molecule has 218 valence electrons. The zero-order valence-corrected chi connectivity index (χ0v) is 26.9. The molecule has 0 aromatic heterocycles. The second kappa shape index (κ2) is 17.1. The van der Waals surface area contributed by atoms with Gasteiger partial charge in [-0.2, -0.15) is 0 Å². The fourth-order valence-electron chi connectivity index (χ4n) is 4.64. The summed E-state index contributed by atoms with van der Waals surface area (Å²) in [6.45, 7) is 11.7. The van der Waals surface area contributed by atoms with Crippen LogP contribution in [0.15, 0.2) is 115 Å². The van der Waals surface area contributed by atoms with Crippen LogP contribution in [0.3, 0.4) is 0 Å². The lowest BCUT2D eigenvalue weighted by molar-refractivity contribution is 0.306. The van der Waals surface area contributed by atoms with Crippen LogP contribution in [0, 0.1) is 34.6 Å². The first-order valence-electron chi connectivity index (χ1n) is 14.1. The molecule has 0 spiro atoms. The number of aryl methyl sites for hydroxylation is 5. The molecule has 4 heteroatoms. The van der Waals surface area contributed by atoms with Gasteiger partial charge in [0.1, 0.15) is 24.7 Å². The molecule has 0 aliphatic rings. The molecule has 0 saturated carbocycles. The third-order valence-electron chi connectivity index (χ3n) is 6.17. The summed E-state index contributed by atoms with van der Waals surface area (Å²) in [5.41, 5.74) is 16.6. The lowest BCUT2D eigenvalue weighted by Gasteiger charge is -2.07. The van der Waals surface area contributed by atoms with Gasteiger partial charge in [0.25, 0.3) is 0 Å². The average molecular weight is 625 g/mol. The van der Waals surface area contributed by atoms with Crippen molar-refractivity contribution in [3.05, 3.63) is 160 Å². The van der Waals surface area contributed by atoms with Gasteiger partial charge in [0.2, 0.25) is 0 Å². The van der Waals surface area contributed by atoms with E-state index in [-0.39, 0.29) is 0 Å². The standard InChI is InChI=1S/C15H16O.C14H15NO.C9H11Br/c1-12-8-13(2)10-14(9-12)11-16-15-6-4-3-5-7-15;1-11-7-12(9-13(15)8-11)10-16-14-5-3-2-4-6-14;1-7-3-8(2)5-9(4-7)6-10/h3-10H,11H2,1-2H3;2-9H,10,15H2,1H3;3-5H,6H2,1-2H3. The van der Waals surface area contributed by atoms with Gasteiger partial charge in [0, 0.05) is 11.0 Å². The molecule has 2 N–H and O–H groups in total. The van der Waals surface area contributed by atoms with Crippen LogP contribution in [0.1, 0.15) is 44.5 Å². The Hall–Kier alpha value is -4.02. The summed E-state index contributed by atoms with van der Waals surface area (Å²) in [6.07, 6.45) is 0. The molecule has 0 fully saturated rings. The molecule has 5 rings (SSSR count). The molecule has 5 aromatic rings. The van der Waals surface area contributed by atoms with Crippen molar-refractivity contribution in [2.45, 2.75) is 53.2 Å². The molecule has 0 amide bonds. The van der Waals surface area contributed by atoms with E-state index >= 15 is 0 Å². The minimum Gasteiger partial charge on any atom is -0.489 e. The SMILES string of the molecule is Cc1cc(C)cc(CBr)c1.Cc1cc(C)cc(COc2ccccc2)c1.Cc1cc(N)cc(COc2ccccc2)c1. The maximum Gasteiger partial charge on any atom is 0.119 e. The van der Waals surface area contributed by atoms with Crippen LogP contribution in [0.5, 0.6) is 11.5 Å². The van der Waals surface area contributed by atoms with Crippen LogP contribution in [0.4, 0.5) is 5.69 Å². The highest BCUT2D eigenvalue weighted by molar-refractivity contribution is 9.08. The predicted octanol–water partition coefficient (Wildman–Crippen LogP) is 10.2. The second-order valence-corrected chi connectivity index (χ2v) is 11.1. The number of rotatable bonds is 7. The average Bonchev–Trinajstić information content (AvgIpc) is 2.95. The molecule has 0 radical (unpaired) electrons. The highest BCUT2D eigenvalue weighted by Crippen LogP contribution is 2.16. The number of benzene rings is 5. The Balaban J connectivity index is 0.000000178. The van der Waals surface area contributed by atoms with Crippen molar-refractivity contribution in [1.82, 2.24) is 0 Å². The summed E-state index contributed by atoms with van der Waals surface area (Å²) in [6, 6.07) is 38.7. The van der Waals surface area contributed by atoms with Gasteiger partial charge in [0.05, 0.1) is 0 Å². The Labute approximate surface area is 260 Å². The number of ether oxygens (including phenoxy) is 2. The number of halogens is 1. The first kappa shape index (κ1) is 32.5. The summed E-state index contributed by atoms with van der Waals surface area (Å²) in [5.74, 6) is 1.80. The first-order chi connectivity index (χ1) is 20.2. The Bertz CT molecular complexity index is 1370. The van der Waals surface area contributed by atoms with Crippen LogP contribution >= 0.6 is 15.9 Å². The van der Waals surface area contributed by atoms with Crippen LogP contribution in [-0.4, -0.2) is 0 Å². The number of nitrogen functional groups attached to an aromatic ring is 1. The van der Waals surface area contributed by atoms with E-state index in [1.54, 1.807) is 0 Å². The number of anilines is 1. The third-order valence-corrected chi connectivity index (χ3v) is 6.82. The van der Waals surface area contributed by atoms with Gasteiger partial charge in [-0.15, -0.1) is 0 Å². The third kappa shape index (κ3) is 12.2. The topological polar surface area (TPSA) is 44.5 Å². The van der Waals surface area contributed by atoms with Crippen molar-refractivity contribution in [2.24, 2.45) is 0 Å². The highest BCUT2D eigenvalue weighted by atomic mass is 79.9. The molecule has 0 atom stereocenters. The maximum absolute atomic E-state index is 5.77. The fourth-order valence-corrected chi connectivity index (χ4v) is 4.97. The Morgan fingerprint density at radius 1 is 0.476 bits per heavy atom. The molecule has 0 bridgehead atoms. The Morgan fingerprint density at radius 3 is 1.21 bits per heavy atom. The summed E-state index contributed by atoms with van der Waals surface area (Å²) >= 11 is 3.43. The largest absolute Gasteiger partial charge is 0.489 e. The smallest absolute Gasteiger partial charge is 0.119 e. The van der Waals surface area contributed by atoms with Crippen LogP contribution < -0.4 is 15.2 Å². The van der Waals surface area contributed by atoms with Crippen LogP contribution in [0.25, 0.3) is 0 Å². The zero-order chi connectivity index (χ0) is 30.3. The Kier molecular flexibility index (Phi) is 13.2. The van der Waals surface area contributed by atoms with E-state index in [0.29, 0.717) is 13.2 Å². The van der Waals surface area contributed by atoms with Gasteiger partial charge in [-0.3, -0.25) is 0 Å². The van der Waals surface area contributed by atoms with E-state index in [9.17, 15) is 0 Å². The van der Waals surface area contributed by atoms with E-state index in [4.69, 9.17) is 15.2 Å². The van der Waals surface area contributed by atoms with E-state index in [1.165, 1.54) is 33.4 Å². The van der Waals surface area contributed by atoms with Crippen molar-refractivity contribution in [1.29, 1.82) is 0 Å². The van der Waals surface area contributed by atoms with Gasteiger partial charge >= 0.3 is 0 Å². The Morgan fingerprint density at radius 2 is 0.833 bits per heavy atom. The van der Waals surface area contributed by atoms with Crippen molar-refractivity contribution in [2.75, 3.05) is 5.73 Å². The van der Waals surface area contributed by atoms with Crippen molar-refractivity contribution < 1.29 is 9.47 Å². The highest BCUT2D eigenvalue weighted by Gasteiger charge is 1.99. The zero-order valence-electron chi connectivity index (χ0n) is 25.4. The monoisotopic (exact) mass is 623 g/mol. The molecule has 0 aliphatic heterocycles. The summed E-state index contributed by atoms with van der Waals surface area (Å²) < 4.78 is 11.3. The van der Waals surface area contributed by atoms with E-state index < -0.39 is 0 Å². The minimum absolute atomic E-state index is 0.551. The molecule has 0 saturated heterocycles. The first-order valence-corrected chi connectivity index (χ1v) is 15.2.